The zero-order chi connectivity index (χ0) is 16.3. The third-order valence-corrected chi connectivity index (χ3v) is 4.58. The number of aryl methyl sites for hydroxylation is 1. The van der Waals surface area contributed by atoms with Crippen LogP contribution >= 0.6 is 0 Å². The zero-order valence-electron chi connectivity index (χ0n) is 12.5. The Hall–Kier alpha value is -2.09. The topological polar surface area (TPSA) is 92.8 Å². The number of anilines is 1. The van der Waals surface area contributed by atoms with Crippen molar-refractivity contribution in [2.45, 2.75) is 12.8 Å². The van der Waals surface area contributed by atoms with Crippen molar-refractivity contribution in [2.24, 2.45) is 0 Å². The van der Waals surface area contributed by atoms with Gasteiger partial charge < -0.3 is 10.1 Å². The summed E-state index contributed by atoms with van der Waals surface area (Å²) in [6, 6.07) is 4.74. The fourth-order valence-corrected chi connectivity index (χ4v) is 3.32. The second kappa shape index (κ2) is 6.35. The number of sulfonamides is 1. The molecule has 0 fully saturated rings. The molecule has 120 valence electrons. The van der Waals surface area contributed by atoms with Crippen molar-refractivity contribution in [3.8, 4) is 0 Å². The van der Waals surface area contributed by atoms with Gasteiger partial charge in [0.25, 0.3) is 5.91 Å². The van der Waals surface area contributed by atoms with Crippen molar-refractivity contribution < 1.29 is 22.7 Å². The van der Waals surface area contributed by atoms with Crippen LogP contribution in [0.1, 0.15) is 22.3 Å². The van der Waals surface area contributed by atoms with Gasteiger partial charge in [0.1, 0.15) is 0 Å². The summed E-state index contributed by atoms with van der Waals surface area (Å²) in [6.45, 7) is 0.0914. The molecule has 1 amide bonds. The summed E-state index contributed by atoms with van der Waals surface area (Å²) >= 11 is 0. The Labute approximate surface area is 129 Å². The molecule has 1 aromatic rings. The molecule has 1 aliphatic rings. The number of carbonyl (C=O) groups excluding carboxylic acids is 2. The Bertz CT molecular complexity index is 699. The number of likely N-dealkylation sites (N-methyl/N-ethyl adjacent to an activating group) is 1. The van der Waals surface area contributed by atoms with Crippen LogP contribution in [-0.2, 0) is 26.0 Å². The van der Waals surface area contributed by atoms with Crippen molar-refractivity contribution in [2.75, 3.05) is 30.8 Å². The quantitative estimate of drug-likeness (QED) is 0.804. The summed E-state index contributed by atoms with van der Waals surface area (Å²) in [5.41, 5.74) is 1.68. The lowest BCUT2D eigenvalue weighted by Gasteiger charge is -2.29. The lowest BCUT2D eigenvalue weighted by Crippen LogP contribution is -2.34. The van der Waals surface area contributed by atoms with Crippen LogP contribution < -0.4 is 9.62 Å². The fourth-order valence-electron chi connectivity index (χ4n) is 2.32. The molecule has 8 heteroatoms. The smallest absolute Gasteiger partial charge is 0.338 e. The average molecular weight is 326 g/mol. The molecular formula is C14H18N2O5S. The highest BCUT2D eigenvalue weighted by molar-refractivity contribution is 7.92. The molecule has 0 saturated heterocycles. The van der Waals surface area contributed by atoms with E-state index in [1.54, 1.807) is 12.1 Å². The number of rotatable bonds is 4. The van der Waals surface area contributed by atoms with Crippen molar-refractivity contribution in [3.05, 3.63) is 29.3 Å². The summed E-state index contributed by atoms with van der Waals surface area (Å²) in [6.07, 6.45) is 2.54. The Morgan fingerprint density at radius 2 is 2.09 bits per heavy atom. The second-order valence-corrected chi connectivity index (χ2v) is 6.94. The second-order valence-electron chi connectivity index (χ2n) is 5.03. The fraction of sp³-hybridized carbons (Fsp3) is 0.429. The molecule has 7 nitrogen and oxygen atoms in total. The van der Waals surface area contributed by atoms with Gasteiger partial charge in [-0.15, -0.1) is 0 Å². The molecule has 1 N–H and O–H groups in total. The van der Waals surface area contributed by atoms with Crippen molar-refractivity contribution >= 4 is 27.6 Å². The molecule has 0 aromatic heterocycles. The van der Waals surface area contributed by atoms with Gasteiger partial charge in [0.15, 0.2) is 6.61 Å². The third kappa shape index (κ3) is 3.56. The Balaban J connectivity index is 2.21. The summed E-state index contributed by atoms with van der Waals surface area (Å²) in [7, 11) is -1.88. The van der Waals surface area contributed by atoms with E-state index in [0.29, 0.717) is 30.6 Å². The first kappa shape index (κ1) is 16.3. The number of amides is 1. The molecule has 0 unspecified atom stereocenters. The molecule has 0 aliphatic carbocycles. The van der Waals surface area contributed by atoms with E-state index >= 15 is 0 Å². The highest BCUT2D eigenvalue weighted by atomic mass is 32.2. The minimum Gasteiger partial charge on any atom is -0.452 e. The number of carbonyl (C=O) groups is 2. The molecule has 1 aliphatic heterocycles. The van der Waals surface area contributed by atoms with Crippen LogP contribution in [0.5, 0.6) is 0 Å². The summed E-state index contributed by atoms with van der Waals surface area (Å²) in [4.78, 5) is 23.0. The van der Waals surface area contributed by atoms with Gasteiger partial charge in [-0.1, -0.05) is 0 Å². The summed E-state index contributed by atoms with van der Waals surface area (Å²) in [5, 5.41) is 2.35. The Morgan fingerprint density at radius 1 is 1.36 bits per heavy atom. The number of fused-ring (bicyclic) bond motifs is 1. The maximum Gasteiger partial charge on any atom is 0.338 e. The molecule has 0 radical (unpaired) electrons. The molecule has 0 bridgehead atoms. The first-order chi connectivity index (χ1) is 10.3. The molecule has 1 aromatic carbocycles. The molecule has 0 spiro atoms. The number of hydrogen-bond donors (Lipinski definition) is 1. The standard InChI is InChI=1S/C14H18N2O5S/c1-15-13(17)9-21-14(18)11-5-6-12-10(8-11)4-3-7-16(12)22(2,19)20/h5-6,8H,3-4,7,9H2,1-2H3,(H,15,17). The van der Waals surface area contributed by atoms with Crippen LogP contribution in [0.4, 0.5) is 5.69 Å². The minimum absolute atomic E-state index is 0.304. The van der Waals surface area contributed by atoms with Crippen LogP contribution in [0.25, 0.3) is 0 Å². The van der Waals surface area contributed by atoms with Gasteiger partial charge in [0.2, 0.25) is 10.0 Å². The largest absolute Gasteiger partial charge is 0.452 e. The first-order valence-corrected chi connectivity index (χ1v) is 8.66. The molecule has 0 saturated carbocycles. The van der Waals surface area contributed by atoms with Gasteiger partial charge in [-0.3, -0.25) is 9.10 Å². The van der Waals surface area contributed by atoms with Crippen LogP contribution in [0.2, 0.25) is 0 Å². The van der Waals surface area contributed by atoms with E-state index < -0.39 is 21.9 Å². The van der Waals surface area contributed by atoms with Gasteiger partial charge in [-0.05, 0) is 36.6 Å². The van der Waals surface area contributed by atoms with Crippen molar-refractivity contribution in [3.63, 3.8) is 0 Å². The SMILES string of the molecule is CNC(=O)COC(=O)c1ccc2c(c1)CCCN2S(C)(=O)=O. The maximum absolute atomic E-state index is 11.9. The lowest BCUT2D eigenvalue weighted by atomic mass is 10.0. The highest BCUT2D eigenvalue weighted by Gasteiger charge is 2.25. The van der Waals surface area contributed by atoms with E-state index in [1.165, 1.54) is 17.4 Å². The third-order valence-electron chi connectivity index (χ3n) is 3.40. The van der Waals surface area contributed by atoms with E-state index in [4.69, 9.17) is 4.74 Å². The normalized spacial score (nSPS) is 14.2. The predicted octanol–water partition coefficient (Wildman–Crippen LogP) is 0.302. The van der Waals surface area contributed by atoms with Gasteiger partial charge in [0, 0.05) is 13.6 Å². The molecule has 0 atom stereocenters. The zero-order valence-corrected chi connectivity index (χ0v) is 13.3. The molecule has 2 rings (SSSR count). The van der Waals surface area contributed by atoms with Gasteiger partial charge in [-0.25, -0.2) is 13.2 Å². The van der Waals surface area contributed by atoms with E-state index in [0.717, 1.165) is 11.8 Å². The van der Waals surface area contributed by atoms with Crippen LogP contribution in [0.3, 0.4) is 0 Å². The minimum atomic E-state index is -3.33. The van der Waals surface area contributed by atoms with Gasteiger partial charge >= 0.3 is 5.97 Å². The van der Waals surface area contributed by atoms with Crippen molar-refractivity contribution in [1.82, 2.24) is 5.32 Å². The highest BCUT2D eigenvalue weighted by Crippen LogP contribution is 2.30. The van der Waals surface area contributed by atoms with Crippen LogP contribution in [0, 0.1) is 0 Å². The number of nitrogens with one attached hydrogen (secondary N) is 1. The maximum atomic E-state index is 11.9. The van der Waals surface area contributed by atoms with Gasteiger partial charge in [-0.2, -0.15) is 0 Å². The number of benzene rings is 1. The van der Waals surface area contributed by atoms with E-state index in [2.05, 4.69) is 5.32 Å². The van der Waals surface area contributed by atoms with Gasteiger partial charge in [0.05, 0.1) is 17.5 Å². The van der Waals surface area contributed by atoms with Crippen LogP contribution in [-0.4, -0.2) is 46.7 Å². The molecular weight excluding hydrogens is 308 g/mol. The summed E-state index contributed by atoms with van der Waals surface area (Å²) in [5.74, 6) is -1.00. The van der Waals surface area contributed by atoms with Crippen molar-refractivity contribution in [1.29, 1.82) is 0 Å². The number of hydrogen-bond acceptors (Lipinski definition) is 5. The van der Waals surface area contributed by atoms with Crippen LogP contribution in [0.15, 0.2) is 18.2 Å². The molecule has 22 heavy (non-hydrogen) atoms. The lowest BCUT2D eigenvalue weighted by molar-refractivity contribution is -0.123. The number of nitrogens with zero attached hydrogens (tertiary/aromatic N) is 1. The Kier molecular flexibility index (Phi) is 4.70. The van der Waals surface area contributed by atoms with E-state index in [9.17, 15) is 18.0 Å². The number of ether oxygens (including phenoxy) is 1. The predicted molar refractivity (Wildman–Crippen MR) is 81.3 cm³/mol. The Morgan fingerprint density at radius 3 is 2.73 bits per heavy atom. The van der Waals surface area contributed by atoms with E-state index in [1.807, 2.05) is 0 Å². The monoisotopic (exact) mass is 326 g/mol. The number of esters is 1. The van der Waals surface area contributed by atoms with E-state index in [-0.39, 0.29) is 6.61 Å². The summed E-state index contributed by atoms with van der Waals surface area (Å²) < 4.78 is 29.8. The first-order valence-electron chi connectivity index (χ1n) is 6.81. The average Bonchev–Trinajstić information content (AvgIpc) is 2.50. The molecule has 1 heterocycles.